The number of aromatic carboxylic acids is 1. The van der Waals surface area contributed by atoms with Crippen molar-refractivity contribution in [1.82, 2.24) is 9.78 Å². The zero-order valence-corrected chi connectivity index (χ0v) is 9.56. The van der Waals surface area contributed by atoms with Gasteiger partial charge in [0.2, 0.25) is 0 Å². The minimum absolute atomic E-state index is 0.0545. The predicted octanol–water partition coefficient (Wildman–Crippen LogP) is 0.618. The number of carboxylic acids is 1. The summed E-state index contributed by atoms with van der Waals surface area (Å²) in [7, 11) is 1.49. The van der Waals surface area contributed by atoms with Crippen LogP contribution in [0.25, 0.3) is 0 Å². The van der Waals surface area contributed by atoms with E-state index in [1.807, 2.05) is 6.92 Å². The van der Waals surface area contributed by atoms with Crippen molar-refractivity contribution < 1.29 is 19.4 Å². The van der Waals surface area contributed by atoms with Gasteiger partial charge in [0.05, 0.1) is 0 Å². The van der Waals surface area contributed by atoms with Crippen LogP contribution >= 0.6 is 0 Å². The summed E-state index contributed by atoms with van der Waals surface area (Å²) < 4.78 is 6.60. The zero-order chi connectivity index (χ0) is 12.6. The smallest absolute Gasteiger partial charge is 0.358 e. The SMILES string of the molecule is CCCC1Oc2c(nn(C)c2C(=O)O)NC1=O. The molecule has 1 unspecified atom stereocenters. The summed E-state index contributed by atoms with van der Waals surface area (Å²) in [6, 6.07) is 0. The maximum absolute atomic E-state index is 11.6. The Balaban J connectivity index is 2.40. The lowest BCUT2D eigenvalue weighted by atomic mass is 10.1. The Kier molecular flexibility index (Phi) is 2.74. The molecule has 2 N–H and O–H groups in total. The van der Waals surface area contributed by atoms with E-state index in [1.54, 1.807) is 0 Å². The van der Waals surface area contributed by atoms with Crippen LogP contribution in [0.15, 0.2) is 0 Å². The molecule has 0 radical (unpaired) electrons. The number of nitrogens with zero attached hydrogens (tertiary/aromatic N) is 2. The average Bonchev–Trinajstić information content (AvgIpc) is 2.54. The van der Waals surface area contributed by atoms with Crippen molar-refractivity contribution in [2.45, 2.75) is 25.9 Å². The van der Waals surface area contributed by atoms with Crippen molar-refractivity contribution in [2.75, 3.05) is 5.32 Å². The second-order valence-corrected chi connectivity index (χ2v) is 3.84. The number of nitrogens with one attached hydrogen (secondary N) is 1. The van der Waals surface area contributed by atoms with E-state index in [0.29, 0.717) is 6.42 Å². The van der Waals surface area contributed by atoms with E-state index in [2.05, 4.69) is 10.4 Å². The number of amides is 1. The Morgan fingerprint density at radius 1 is 1.65 bits per heavy atom. The lowest BCUT2D eigenvalue weighted by Crippen LogP contribution is -2.37. The van der Waals surface area contributed by atoms with Gasteiger partial charge in [-0.3, -0.25) is 9.48 Å². The number of aryl methyl sites for hydroxylation is 1. The molecular weight excluding hydrogens is 226 g/mol. The summed E-state index contributed by atoms with van der Waals surface area (Å²) in [4.78, 5) is 22.7. The molecule has 1 aromatic rings. The summed E-state index contributed by atoms with van der Waals surface area (Å²) in [5.41, 5.74) is -0.0545. The van der Waals surface area contributed by atoms with Gasteiger partial charge in [0.25, 0.3) is 5.91 Å². The third-order valence-corrected chi connectivity index (χ3v) is 2.55. The summed E-state index contributed by atoms with van der Waals surface area (Å²) in [5.74, 6) is -1.11. The van der Waals surface area contributed by atoms with Crippen molar-refractivity contribution in [3.05, 3.63) is 5.69 Å². The Morgan fingerprint density at radius 2 is 2.35 bits per heavy atom. The third kappa shape index (κ3) is 1.83. The number of aromatic nitrogens is 2. The molecule has 0 spiro atoms. The molecule has 7 nitrogen and oxygen atoms in total. The fourth-order valence-corrected chi connectivity index (χ4v) is 1.78. The average molecular weight is 239 g/mol. The molecule has 1 atom stereocenters. The topological polar surface area (TPSA) is 93.5 Å². The Morgan fingerprint density at radius 3 is 2.94 bits per heavy atom. The third-order valence-electron chi connectivity index (χ3n) is 2.55. The molecular formula is C10H13N3O4. The fraction of sp³-hybridized carbons (Fsp3) is 0.500. The van der Waals surface area contributed by atoms with Crippen molar-refractivity contribution in [1.29, 1.82) is 0 Å². The molecule has 2 heterocycles. The van der Waals surface area contributed by atoms with Gasteiger partial charge in [-0.25, -0.2) is 4.79 Å². The zero-order valence-electron chi connectivity index (χ0n) is 9.56. The van der Waals surface area contributed by atoms with Gasteiger partial charge in [-0.2, -0.15) is 5.10 Å². The molecule has 92 valence electrons. The minimum Gasteiger partial charge on any atom is -0.476 e. The predicted molar refractivity (Wildman–Crippen MR) is 58.1 cm³/mol. The van der Waals surface area contributed by atoms with Crippen LogP contribution in [0.5, 0.6) is 5.75 Å². The van der Waals surface area contributed by atoms with Crippen molar-refractivity contribution >= 4 is 17.7 Å². The number of rotatable bonds is 3. The van der Waals surface area contributed by atoms with E-state index in [-0.39, 0.29) is 23.2 Å². The quantitative estimate of drug-likeness (QED) is 0.806. The highest BCUT2D eigenvalue weighted by molar-refractivity contribution is 6.00. The number of hydrogen-bond acceptors (Lipinski definition) is 4. The lowest BCUT2D eigenvalue weighted by Gasteiger charge is -2.22. The van der Waals surface area contributed by atoms with E-state index in [9.17, 15) is 9.59 Å². The number of ether oxygens (including phenoxy) is 1. The van der Waals surface area contributed by atoms with Gasteiger partial charge in [-0.05, 0) is 6.42 Å². The highest BCUT2D eigenvalue weighted by Crippen LogP contribution is 2.33. The van der Waals surface area contributed by atoms with E-state index in [1.165, 1.54) is 11.7 Å². The minimum atomic E-state index is -1.13. The van der Waals surface area contributed by atoms with Crippen LogP contribution in [0.4, 0.5) is 5.82 Å². The largest absolute Gasteiger partial charge is 0.476 e. The molecule has 17 heavy (non-hydrogen) atoms. The van der Waals surface area contributed by atoms with Gasteiger partial charge >= 0.3 is 5.97 Å². The normalized spacial score (nSPS) is 18.2. The van der Waals surface area contributed by atoms with Crippen LogP contribution in [0, 0.1) is 0 Å². The van der Waals surface area contributed by atoms with Crippen LogP contribution in [0.3, 0.4) is 0 Å². The number of anilines is 1. The summed E-state index contributed by atoms with van der Waals surface area (Å²) in [6.07, 6.45) is 0.671. The first-order valence-corrected chi connectivity index (χ1v) is 5.32. The van der Waals surface area contributed by atoms with Crippen LogP contribution < -0.4 is 10.1 Å². The fourth-order valence-electron chi connectivity index (χ4n) is 1.78. The van der Waals surface area contributed by atoms with Crippen LogP contribution in [0.1, 0.15) is 30.3 Å². The summed E-state index contributed by atoms with van der Waals surface area (Å²) >= 11 is 0. The summed E-state index contributed by atoms with van der Waals surface area (Å²) in [6.45, 7) is 1.92. The highest BCUT2D eigenvalue weighted by atomic mass is 16.5. The molecule has 1 aliphatic heterocycles. The maximum atomic E-state index is 11.6. The number of hydrogen-bond donors (Lipinski definition) is 2. The molecule has 0 bridgehead atoms. The highest BCUT2D eigenvalue weighted by Gasteiger charge is 2.34. The van der Waals surface area contributed by atoms with Crippen LogP contribution in [0.2, 0.25) is 0 Å². The van der Waals surface area contributed by atoms with E-state index in [4.69, 9.17) is 9.84 Å². The van der Waals surface area contributed by atoms with Gasteiger partial charge in [-0.1, -0.05) is 13.3 Å². The number of carbonyl (C=O) groups is 2. The van der Waals surface area contributed by atoms with Gasteiger partial charge in [0.1, 0.15) is 0 Å². The van der Waals surface area contributed by atoms with Gasteiger partial charge in [0.15, 0.2) is 23.4 Å². The first-order valence-electron chi connectivity index (χ1n) is 5.32. The van der Waals surface area contributed by atoms with Crippen LogP contribution in [-0.2, 0) is 11.8 Å². The molecule has 7 heteroatoms. The maximum Gasteiger partial charge on any atom is 0.358 e. The van der Waals surface area contributed by atoms with E-state index < -0.39 is 12.1 Å². The second-order valence-electron chi connectivity index (χ2n) is 3.84. The first-order chi connectivity index (χ1) is 8.04. The van der Waals surface area contributed by atoms with Crippen molar-refractivity contribution in [2.24, 2.45) is 7.05 Å². The standard InChI is InChI=1S/C10H13N3O4/c1-3-4-5-9(14)11-8-7(17-5)6(10(15)16)13(2)12-8/h5H,3-4H2,1-2H3,(H,15,16)(H,11,12,14). The van der Waals surface area contributed by atoms with Gasteiger partial charge < -0.3 is 15.2 Å². The first kappa shape index (κ1) is 11.4. The molecule has 1 aliphatic rings. The number of carbonyl (C=O) groups excluding carboxylic acids is 1. The number of carboxylic acid groups (broad SMARTS) is 1. The molecule has 1 aromatic heterocycles. The monoisotopic (exact) mass is 239 g/mol. The van der Waals surface area contributed by atoms with Crippen LogP contribution in [-0.4, -0.2) is 32.9 Å². The molecule has 1 amide bonds. The molecule has 0 fully saturated rings. The molecule has 0 saturated carbocycles. The number of fused-ring (bicyclic) bond motifs is 1. The molecule has 0 saturated heterocycles. The van der Waals surface area contributed by atoms with Crippen molar-refractivity contribution in [3.63, 3.8) is 0 Å². The molecule has 0 aliphatic carbocycles. The Labute approximate surface area is 97.4 Å². The lowest BCUT2D eigenvalue weighted by molar-refractivity contribution is -0.123. The Bertz CT molecular complexity index is 480. The molecule has 2 rings (SSSR count). The van der Waals surface area contributed by atoms with E-state index in [0.717, 1.165) is 6.42 Å². The van der Waals surface area contributed by atoms with Gasteiger partial charge in [-0.15, -0.1) is 0 Å². The van der Waals surface area contributed by atoms with Crippen molar-refractivity contribution in [3.8, 4) is 5.75 Å². The van der Waals surface area contributed by atoms with Gasteiger partial charge in [0, 0.05) is 7.05 Å². The molecule has 0 aromatic carbocycles. The second kappa shape index (κ2) is 4.08. The summed E-state index contributed by atoms with van der Waals surface area (Å²) in [5, 5.41) is 15.5. The Hall–Kier alpha value is -2.05. The van der Waals surface area contributed by atoms with E-state index >= 15 is 0 Å².